The first-order valence-electron chi connectivity index (χ1n) is 7.27. The van der Waals surface area contributed by atoms with Crippen molar-refractivity contribution >= 4 is 17.2 Å². The number of carbonyl (C=O) groups excluding carboxylic acids is 1. The van der Waals surface area contributed by atoms with E-state index in [0.29, 0.717) is 35.0 Å². The fourth-order valence-corrected chi connectivity index (χ4v) is 2.90. The van der Waals surface area contributed by atoms with Crippen LogP contribution in [0.4, 0.5) is 11.4 Å². The average molecular weight is 276 g/mol. The summed E-state index contributed by atoms with van der Waals surface area (Å²) in [6, 6.07) is 3.27. The second-order valence-corrected chi connectivity index (χ2v) is 5.93. The molecule has 0 heterocycles. The summed E-state index contributed by atoms with van der Waals surface area (Å²) < 4.78 is 5.25. The Morgan fingerprint density at radius 2 is 1.80 bits per heavy atom. The number of hydrogen-bond donors (Lipinski definition) is 2. The van der Waals surface area contributed by atoms with Crippen molar-refractivity contribution in [1.29, 1.82) is 0 Å². The third-order valence-corrected chi connectivity index (χ3v) is 4.32. The van der Waals surface area contributed by atoms with Crippen molar-refractivity contribution < 1.29 is 9.53 Å². The van der Waals surface area contributed by atoms with E-state index in [1.54, 1.807) is 19.2 Å². The van der Waals surface area contributed by atoms with Crippen LogP contribution in [-0.2, 0) is 0 Å². The summed E-state index contributed by atoms with van der Waals surface area (Å²) in [5.74, 6) is 1.91. The lowest BCUT2D eigenvalue weighted by Crippen LogP contribution is -2.16. The second-order valence-electron chi connectivity index (χ2n) is 5.93. The fourth-order valence-electron chi connectivity index (χ4n) is 2.90. The molecule has 20 heavy (non-hydrogen) atoms. The van der Waals surface area contributed by atoms with Gasteiger partial charge in [-0.05, 0) is 30.7 Å². The Labute approximate surface area is 120 Å². The van der Waals surface area contributed by atoms with E-state index in [4.69, 9.17) is 16.2 Å². The van der Waals surface area contributed by atoms with Gasteiger partial charge in [0.05, 0.1) is 24.0 Å². The van der Waals surface area contributed by atoms with Crippen molar-refractivity contribution in [1.82, 2.24) is 0 Å². The Balaban J connectivity index is 2.11. The summed E-state index contributed by atoms with van der Waals surface area (Å²) in [5, 5.41) is 0. The Morgan fingerprint density at radius 1 is 1.20 bits per heavy atom. The van der Waals surface area contributed by atoms with E-state index in [9.17, 15) is 4.79 Å². The van der Waals surface area contributed by atoms with E-state index in [1.807, 2.05) is 0 Å². The molecule has 0 bridgehead atoms. The van der Waals surface area contributed by atoms with Crippen LogP contribution in [0.5, 0.6) is 5.75 Å². The number of nitrogens with two attached hydrogens (primary N) is 2. The van der Waals surface area contributed by atoms with Gasteiger partial charge in [0.15, 0.2) is 5.78 Å². The third-order valence-electron chi connectivity index (χ3n) is 4.32. The maximum atomic E-state index is 12.5. The molecule has 1 fully saturated rings. The number of benzene rings is 1. The largest absolute Gasteiger partial charge is 0.496 e. The molecular formula is C16H24N2O2. The zero-order valence-electron chi connectivity index (χ0n) is 12.3. The zero-order valence-corrected chi connectivity index (χ0v) is 12.3. The minimum Gasteiger partial charge on any atom is -0.496 e. The first kappa shape index (κ1) is 14.7. The molecule has 0 aromatic heterocycles. The molecule has 0 unspecified atom stereocenters. The molecule has 2 rings (SSSR count). The number of anilines is 2. The molecule has 1 saturated carbocycles. The molecule has 4 N–H and O–H groups in total. The molecule has 1 aromatic rings. The number of carbonyl (C=O) groups is 1. The number of methoxy groups -OCH3 is 1. The molecule has 0 aliphatic heterocycles. The van der Waals surface area contributed by atoms with Gasteiger partial charge in [-0.25, -0.2) is 0 Å². The van der Waals surface area contributed by atoms with Gasteiger partial charge in [0, 0.05) is 12.5 Å². The quantitative estimate of drug-likeness (QED) is 0.653. The average Bonchev–Trinajstić information content (AvgIpc) is 2.43. The topological polar surface area (TPSA) is 78.3 Å². The van der Waals surface area contributed by atoms with Crippen LogP contribution in [0, 0.1) is 11.8 Å². The molecule has 0 atom stereocenters. The van der Waals surface area contributed by atoms with Gasteiger partial charge in [-0.3, -0.25) is 4.79 Å². The summed E-state index contributed by atoms with van der Waals surface area (Å²) in [7, 11) is 1.55. The van der Waals surface area contributed by atoms with Crippen LogP contribution >= 0.6 is 0 Å². The predicted octanol–water partition coefficient (Wildman–Crippen LogP) is 3.26. The lowest BCUT2D eigenvalue weighted by molar-refractivity contribution is 0.0941. The maximum absolute atomic E-state index is 12.5. The Morgan fingerprint density at radius 3 is 2.40 bits per heavy atom. The van der Waals surface area contributed by atoms with Crippen LogP contribution < -0.4 is 16.2 Å². The van der Waals surface area contributed by atoms with Crippen molar-refractivity contribution in [3.05, 3.63) is 17.7 Å². The van der Waals surface area contributed by atoms with E-state index in [-0.39, 0.29) is 5.78 Å². The number of nitrogen functional groups attached to an aromatic ring is 2. The van der Waals surface area contributed by atoms with E-state index in [0.717, 1.165) is 18.8 Å². The third kappa shape index (κ3) is 3.24. The molecule has 1 aromatic carbocycles. The maximum Gasteiger partial charge on any atom is 0.166 e. The van der Waals surface area contributed by atoms with E-state index in [1.165, 1.54) is 12.8 Å². The van der Waals surface area contributed by atoms with Crippen molar-refractivity contribution in [3.63, 3.8) is 0 Å². The number of ether oxygens (including phenoxy) is 1. The number of hydrogen-bond acceptors (Lipinski definition) is 4. The van der Waals surface area contributed by atoms with Crippen LogP contribution in [0.25, 0.3) is 0 Å². The highest BCUT2D eigenvalue weighted by molar-refractivity contribution is 6.00. The second kappa shape index (κ2) is 6.16. The minimum atomic E-state index is 0.105. The molecule has 4 heteroatoms. The predicted molar refractivity (Wildman–Crippen MR) is 81.9 cm³/mol. The molecule has 1 aliphatic rings. The van der Waals surface area contributed by atoms with Crippen LogP contribution in [0.15, 0.2) is 12.1 Å². The lowest BCUT2D eigenvalue weighted by atomic mass is 9.80. The van der Waals surface area contributed by atoms with E-state index >= 15 is 0 Å². The summed E-state index contributed by atoms with van der Waals surface area (Å²) in [5.41, 5.74) is 13.0. The highest BCUT2D eigenvalue weighted by Crippen LogP contribution is 2.33. The Bertz CT molecular complexity index is 491. The van der Waals surface area contributed by atoms with Crippen LogP contribution in [0.2, 0.25) is 0 Å². The molecule has 0 amide bonds. The first-order chi connectivity index (χ1) is 9.51. The first-order valence-corrected chi connectivity index (χ1v) is 7.27. The monoisotopic (exact) mass is 276 g/mol. The lowest BCUT2D eigenvalue weighted by Gasteiger charge is -2.25. The normalized spacial score (nSPS) is 22.5. The summed E-state index contributed by atoms with van der Waals surface area (Å²) in [6.07, 6.45) is 5.30. The van der Waals surface area contributed by atoms with Gasteiger partial charge in [-0.15, -0.1) is 0 Å². The molecule has 0 radical (unpaired) electrons. The van der Waals surface area contributed by atoms with Gasteiger partial charge in [0.2, 0.25) is 0 Å². The van der Waals surface area contributed by atoms with Crippen LogP contribution in [0.3, 0.4) is 0 Å². The Kier molecular flexibility index (Phi) is 4.53. The Hall–Kier alpha value is -1.71. The highest BCUT2D eigenvalue weighted by Gasteiger charge is 2.23. The highest BCUT2D eigenvalue weighted by atomic mass is 16.5. The van der Waals surface area contributed by atoms with Gasteiger partial charge in [0.1, 0.15) is 5.75 Å². The molecule has 0 spiro atoms. The number of Topliss-reactive ketones (excluding diaryl/α,β-unsaturated/α-hetero) is 1. The molecular weight excluding hydrogens is 252 g/mol. The van der Waals surface area contributed by atoms with Gasteiger partial charge >= 0.3 is 0 Å². The zero-order chi connectivity index (χ0) is 14.7. The van der Waals surface area contributed by atoms with E-state index in [2.05, 4.69) is 6.92 Å². The summed E-state index contributed by atoms with van der Waals surface area (Å²) in [4.78, 5) is 12.5. The number of ketones is 1. The van der Waals surface area contributed by atoms with Gasteiger partial charge in [0.25, 0.3) is 0 Å². The fraction of sp³-hybridized carbons (Fsp3) is 0.562. The van der Waals surface area contributed by atoms with Gasteiger partial charge in [-0.1, -0.05) is 19.8 Å². The van der Waals surface area contributed by atoms with Crippen LogP contribution in [-0.4, -0.2) is 12.9 Å². The molecule has 110 valence electrons. The number of rotatable bonds is 4. The van der Waals surface area contributed by atoms with Crippen LogP contribution in [0.1, 0.15) is 49.4 Å². The smallest absolute Gasteiger partial charge is 0.166 e. The summed E-state index contributed by atoms with van der Waals surface area (Å²) >= 11 is 0. The molecule has 1 aliphatic carbocycles. The molecule has 0 saturated heterocycles. The van der Waals surface area contributed by atoms with E-state index < -0.39 is 0 Å². The van der Waals surface area contributed by atoms with Crippen molar-refractivity contribution in [2.45, 2.75) is 39.0 Å². The van der Waals surface area contributed by atoms with Crippen molar-refractivity contribution in [3.8, 4) is 5.75 Å². The SMILES string of the molecule is COc1cc(N)c(N)cc1C(=O)CC1CCC(C)CC1. The standard InChI is InChI=1S/C16H24N2O2/c1-10-3-5-11(6-4-10)7-15(19)12-8-13(17)14(18)9-16(12)20-2/h8-11H,3-7,17-18H2,1-2H3. The van der Waals surface area contributed by atoms with Crippen molar-refractivity contribution in [2.75, 3.05) is 18.6 Å². The van der Waals surface area contributed by atoms with Gasteiger partial charge in [-0.2, -0.15) is 0 Å². The van der Waals surface area contributed by atoms with Crippen molar-refractivity contribution in [2.24, 2.45) is 11.8 Å². The summed E-state index contributed by atoms with van der Waals surface area (Å²) in [6.45, 7) is 2.28. The minimum absolute atomic E-state index is 0.105. The van der Waals surface area contributed by atoms with Gasteiger partial charge < -0.3 is 16.2 Å². The molecule has 4 nitrogen and oxygen atoms in total.